The van der Waals surface area contributed by atoms with E-state index in [9.17, 15) is 4.79 Å². The average molecular weight is 590 g/mol. The minimum Gasteiger partial charge on any atom is -0.496 e. The second-order valence-electron chi connectivity index (χ2n) is 8.92. The molecule has 3 aromatic carbocycles. The summed E-state index contributed by atoms with van der Waals surface area (Å²) in [5, 5.41) is 0. The van der Waals surface area contributed by atoms with Crippen molar-refractivity contribution in [1.82, 2.24) is 4.57 Å². The lowest BCUT2D eigenvalue weighted by Gasteiger charge is -2.30. The van der Waals surface area contributed by atoms with Crippen LogP contribution in [-0.4, -0.2) is 11.7 Å². The third-order valence-corrected chi connectivity index (χ3v) is 8.57. The second-order valence-corrected chi connectivity index (χ2v) is 11.1. The number of fused-ring (bicyclic) bond motifs is 3. The number of allylic oxidation sites excluding steroid dienone is 1. The lowest BCUT2D eigenvalue weighted by molar-refractivity contribution is 0.412. The average Bonchev–Trinajstić information content (AvgIpc) is 3.18. The summed E-state index contributed by atoms with van der Waals surface area (Å²) in [5.41, 5.74) is 8.09. The number of thiazole rings is 1. The van der Waals surface area contributed by atoms with Crippen molar-refractivity contribution in [3.63, 3.8) is 0 Å². The first-order valence-electron chi connectivity index (χ1n) is 11.6. The molecule has 174 valence electrons. The largest absolute Gasteiger partial charge is 0.496 e. The van der Waals surface area contributed by atoms with Gasteiger partial charge in [0.15, 0.2) is 4.80 Å². The standard InChI is InChI=1S/C29H23IN2O2S/c1-17-7-10-20(11-8-17)27-22-13-12-19-5-3-4-6-21(19)26(22)31-29-32(27)28(33)25(35-29)16-18-9-14-24(34-2)23(30)15-18/h3-11,14-16,27H,12-13H2,1-2H3. The molecule has 4 aromatic rings. The molecule has 0 amide bonds. The monoisotopic (exact) mass is 590 g/mol. The van der Waals surface area contributed by atoms with E-state index in [-0.39, 0.29) is 11.6 Å². The first kappa shape index (κ1) is 22.5. The first-order valence-corrected chi connectivity index (χ1v) is 13.5. The van der Waals surface area contributed by atoms with Crippen LogP contribution in [0.4, 0.5) is 0 Å². The van der Waals surface area contributed by atoms with E-state index >= 15 is 0 Å². The number of aromatic nitrogens is 1. The van der Waals surface area contributed by atoms with Crippen LogP contribution in [0.3, 0.4) is 0 Å². The van der Waals surface area contributed by atoms with E-state index in [1.165, 1.54) is 33.6 Å². The van der Waals surface area contributed by atoms with E-state index < -0.39 is 0 Å². The second kappa shape index (κ2) is 8.91. The van der Waals surface area contributed by atoms with Crippen LogP contribution in [0.5, 0.6) is 5.75 Å². The molecule has 4 nitrogen and oxygen atoms in total. The first-order chi connectivity index (χ1) is 17.0. The summed E-state index contributed by atoms with van der Waals surface area (Å²) in [4.78, 5) is 19.7. The van der Waals surface area contributed by atoms with E-state index in [2.05, 4.69) is 78.0 Å². The molecular weight excluding hydrogens is 567 g/mol. The van der Waals surface area contributed by atoms with Gasteiger partial charge in [-0.25, -0.2) is 4.99 Å². The molecule has 0 saturated heterocycles. The van der Waals surface area contributed by atoms with Crippen LogP contribution in [-0.2, 0) is 6.42 Å². The third-order valence-electron chi connectivity index (χ3n) is 6.74. The predicted molar refractivity (Wildman–Crippen MR) is 150 cm³/mol. The zero-order valence-electron chi connectivity index (χ0n) is 19.4. The van der Waals surface area contributed by atoms with Crippen LogP contribution < -0.4 is 19.6 Å². The van der Waals surface area contributed by atoms with Gasteiger partial charge >= 0.3 is 0 Å². The molecule has 2 heterocycles. The van der Waals surface area contributed by atoms with Gasteiger partial charge in [-0.05, 0) is 82.8 Å². The number of ether oxygens (including phenoxy) is 1. The lowest BCUT2D eigenvalue weighted by atomic mass is 9.83. The summed E-state index contributed by atoms with van der Waals surface area (Å²) in [7, 11) is 1.67. The van der Waals surface area contributed by atoms with Gasteiger partial charge in [0, 0.05) is 5.56 Å². The topological polar surface area (TPSA) is 43.6 Å². The molecule has 0 saturated carbocycles. The number of benzene rings is 3. The van der Waals surface area contributed by atoms with Gasteiger partial charge in [0.05, 0.1) is 27.0 Å². The van der Waals surface area contributed by atoms with Gasteiger partial charge < -0.3 is 4.74 Å². The Morgan fingerprint density at radius 1 is 1.09 bits per heavy atom. The summed E-state index contributed by atoms with van der Waals surface area (Å²) in [5.74, 6) is 0.829. The molecule has 1 unspecified atom stereocenters. The number of hydrogen-bond donors (Lipinski definition) is 0. The summed E-state index contributed by atoms with van der Waals surface area (Å²) < 4.78 is 8.99. The van der Waals surface area contributed by atoms with Gasteiger partial charge in [-0.3, -0.25) is 9.36 Å². The van der Waals surface area contributed by atoms with Crippen LogP contribution in [0.25, 0.3) is 11.8 Å². The number of nitrogens with zero attached hydrogens (tertiary/aromatic N) is 2. The highest BCUT2D eigenvalue weighted by Gasteiger charge is 2.32. The van der Waals surface area contributed by atoms with Crippen molar-refractivity contribution >= 4 is 45.7 Å². The minimum atomic E-state index is -0.145. The Labute approximate surface area is 221 Å². The van der Waals surface area contributed by atoms with E-state index in [0.29, 0.717) is 4.53 Å². The Bertz CT molecular complexity index is 1680. The van der Waals surface area contributed by atoms with Crippen molar-refractivity contribution in [2.24, 2.45) is 4.99 Å². The Balaban J connectivity index is 1.59. The summed E-state index contributed by atoms with van der Waals surface area (Å²) >= 11 is 3.72. The van der Waals surface area contributed by atoms with Crippen molar-refractivity contribution in [2.75, 3.05) is 7.11 Å². The fraction of sp³-hybridized carbons (Fsp3) is 0.172. The van der Waals surface area contributed by atoms with E-state index in [1.807, 2.05) is 28.8 Å². The van der Waals surface area contributed by atoms with Crippen molar-refractivity contribution in [3.05, 3.63) is 123 Å². The quantitative estimate of drug-likeness (QED) is 0.307. The third kappa shape index (κ3) is 3.89. The van der Waals surface area contributed by atoms with Gasteiger partial charge in [-0.2, -0.15) is 0 Å². The highest BCUT2D eigenvalue weighted by atomic mass is 127. The molecule has 6 heteroatoms. The van der Waals surface area contributed by atoms with Crippen LogP contribution in [0, 0.1) is 10.5 Å². The van der Waals surface area contributed by atoms with Crippen molar-refractivity contribution in [1.29, 1.82) is 0 Å². The molecule has 1 atom stereocenters. The highest BCUT2D eigenvalue weighted by molar-refractivity contribution is 14.1. The van der Waals surface area contributed by atoms with Gasteiger partial charge in [0.1, 0.15) is 5.75 Å². The Kier molecular flexibility index (Phi) is 5.73. The van der Waals surface area contributed by atoms with Gasteiger partial charge in [-0.15, -0.1) is 0 Å². The van der Waals surface area contributed by atoms with E-state index in [1.54, 1.807) is 7.11 Å². The smallest absolute Gasteiger partial charge is 0.271 e. The lowest BCUT2D eigenvalue weighted by Crippen LogP contribution is -2.38. The van der Waals surface area contributed by atoms with Gasteiger partial charge in [0.2, 0.25) is 0 Å². The van der Waals surface area contributed by atoms with Gasteiger partial charge in [0.25, 0.3) is 5.56 Å². The molecule has 0 bridgehead atoms. The van der Waals surface area contributed by atoms with Crippen molar-refractivity contribution in [3.8, 4) is 5.75 Å². The Hall–Kier alpha value is -2.97. The number of rotatable bonds is 3. The fourth-order valence-corrected chi connectivity index (χ4v) is 6.76. The molecule has 1 aromatic heterocycles. The highest BCUT2D eigenvalue weighted by Crippen LogP contribution is 2.41. The molecule has 0 radical (unpaired) electrons. The van der Waals surface area contributed by atoms with Crippen LogP contribution in [0.2, 0.25) is 0 Å². The number of aryl methyl sites for hydroxylation is 2. The van der Waals surface area contributed by atoms with E-state index in [0.717, 1.165) is 43.8 Å². The molecular formula is C29H23IN2O2S. The van der Waals surface area contributed by atoms with Gasteiger partial charge in [-0.1, -0.05) is 71.5 Å². The minimum absolute atomic E-state index is 0.00978. The molecule has 2 aliphatic rings. The summed E-state index contributed by atoms with van der Waals surface area (Å²) in [6.07, 6.45) is 3.82. The molecule has 1 aliphatic heterocycles. The van der Waals surface area contributed by atoms with Crippen LogP contribution in [0.15, 0.2) is 82.1 Å². The SMILES string of the molecule is COc1ccc(C=c2sc3n(c2=O)C(c2ccc(C)cc2)C2=C(N=3)c3ccccc3CC2)cc1I. The molecule has 0 spiro atoms. The Morgan fingerprint density at radius 3 is 2.66 bits per heavy atom. The molecule has 0 fully saturated rings. The maximum absolute atomic E-state index is 13.8. The van der Waals surface area contributed by atoms with E-state index in [4.69, 9.17) is 9.73 Å². The normalized spacial score (nSPS) is 16.9. The maximum Gasteiger partial charge on any atom is 0.271 e. The van der Waals surface area contributed by atoms with Crippen LogP contribution in [0.1, 0.15) is 40.3 Å². The zero-order chi connectivity index (χ0) is 24.1. The van der Waals surface area contributed by atoms with Crippen LogP contribution >= 0.6 is 33.9 Å². The number of halogens is 1. The number of methoxy groups -OCH3 is 1. The molecule has 1 aliphatic carbocycles. The summed E-state index contributed by atoms with van der Waals surface area (Å²) in [6, 6.07) is 22.9. The zero-order valence-corrected chi connectivity index (χ0v) is 22.4. The number of hydrogen-bond acceptors (Lipinski definition) is 4. The Morgan fingerprint density at radius 2 is 1.89 bits per heavy atom. The molecule has 6 rings (SSSR count). The summed E-state index contributed by atoms with van der Waals surface area (Å²) in [6.45, 7) is 2.09. The molecule has 35 heavy (non-hydrogen) atoms. The van der Waals surface area contributed by atoms with Crippen molar-refractivity contribution in [2.45, 2.75) is 25.8 Å². The maximum atomic E-state index is 13.8. The fourth-order valence-electron chi connectivity index (χ4n) is 4.99. The molecule has 0 N–H and O–H groups in total. The predicted octanol–water partition coefficient (Wildman–Crippen LogP) is 5.24. The van der Waals surface area contributed by atoms with Crippen molar-refractivity contribution < 1.29 is 4.74 Å².